The molecule has 0 bridgehead atoms. The maximum Gasteiger partial charge on any atom is 0.349 e. The zero-order chi connectivity index (χ0) is 32.0. The van der Waals surface area contributed by atoms with Crippen molar-refractivity contribution in [1.82, 2.24) is 14.8 Å². The van der Waals surface area contributed by atoms with Gasteiger partial charge in [-0.15, -0.1) is 5.10 Å². The summed E-state index contributed by atoms with van der Waals surface area (Å²) in [6, 6.07) is 21.9. The Bertz CT molecular complexity index is 1880. The highest BCUT2D eigenvalue weighted by Gasteiger charge is 2.16. The Kier molecular flexibility index (Phi) is 9.48. The van der Waals surface area contributed by atoms with Gasteiger partial charge in [-0.2, -0.15) is 0 Å². The zero-order valence-corrected chi connectivity index (χ0v) is 25.4. The van der Waals surface area contributed by atoms with Crippen molar-refractivity contribution in [3.8, 4) is 34.5 Å². The Morgan fingerprint density at radius 2 is 1.80 bits per heavy atom. The van der Waals surface area contributed by atoms with E-state index in [4.69, 9.17) is 24.4 Å². The number of aromatic nitrogens is 3. The van der Waals surface area contributed by atoms with Crippen molar-refractivity contribution in [3.05, 3.63) is 113 Å². The van der Waals surface area contributed by atoms with Crippen LogP contribution in [0.4, 0.5) is 0 Å². The lowest BCUT2D eigenvalue weighted by Gasteiger charge is -2.12. The number of primary amides is 1. The number of ether oxygens (including phenoxy) is 3. The first-order chi connectivity index (χ1) is 21.6. The van der Waals surface area contributed by atoms with Gasteiger partial charge >= 0.3 is 7.60 Å². The fraction of sp³-hybridized carbons (Fsp3) is 0.156. The second kappa shape index (κ2) is 13.6. The third-order valence-electron chi connectivity index (χ3n) is 6.59. The maximum absolute atomic E-state index is 11.4. The first-order valence-corrected chi connectivity index (χ1v) is 15.4. The zero-order valence-electron chi connectivity index (χ0n) is 24.5. The lowest BCUT2D eigenvalue weighted by atomic mass is 10.1. The molecule has 5 rings (SSSR count). The number of carbonyl (C=O) groups excluding carboxylic acids is 1. The van der Waals surface area contributed by atoms with Crippen LogP contribution in [0.2, 0.25) is 0 Å². The summed E-state index contributed by atoms with van der Waals surface area (Å²) in [5, 5.41) is 4.47. The van der Waals surface area contributed by atoms with Gasteiger partial charge in [-0.1, -0.05) is 36.4 Å². The molecule has 5 aromatic rings. The van der Waals surface area contributed by atoms with E-state index in [1.165, 1.54) is 13.2 Å². The summed E-state index contributed by atoms with van der Waals surface area (Å²) < 4.78 is 36.4. The van der Waals surface area contributed by atoms with E-state index in [9.17, 15) is 19.1 Å². The molecule has 0 aliphatic carbocycles. The van der Waals surface area contributed by atoms with Crippen LogP contribution in [-0.2, 0) is 29.0 Å². The van der Waals surface area contributed by atoms with Crippen molar-refractivity contribution >= 4 is 19.6 Å². The minimum atomic E-state index is -4.39. The molecule has 13 heteroatoms. The Balaban J connectivity index is 1.28. The molecule has 4 N–H and O–H groups in total. The lowest BCUT2D eigenvalue weighted by molar-refractivity contribution is -0.117. The Hall–Kier alpha value is -5.16. The normalized spacial score (nSPS) is 11.6. The summed E-state index contributed by atoms with van der Waals surface area (Å²) in [4.78, 5) is 34.5. The quantitative estimate of drug-likeness (QED) is 0.147. The van der Waals surface area contributed by atoms with Crippen LogP contribution in [0.3, 0.4) is 0 Å². The first-order valence-electron chi connectivity index (χ1n) is 13.7. The number of aryl methyl sites for hydroxylation is 1. The number of para-hydroxylation sites is 1. The molecule has 3 aromatic carbocycles. The van der Waals surface area contributed by atoms with Gasteiger partial charge in [-0.3, -0.25) is 9.36 Å². The topological polar surface area (TPSA) is 172 Å². The van der Waals surface area contributed by atoms with Crippen LogP contribution in [0.5, 0.6) is 17.4 Å². The smallest absolute Gasteiger partial charge is 0.349 e. The molecule has 2 heterocycles. The van der Waals surface area contributed by atoms with Crippen LogP contribution in [0, 0.1) is 6.92 Å². The minimum absolute atomic E-state index is 0.0970. The second-order valence-corrected chi connectivity index (χ2v) is 11.5. The SMILES string of the molecule is COc1cc(COc2nn(-c3ccccc3)cc2/C=C/P(=O)(O)O)ccc1OCc1nc(-c2cccc(CC(N)=O)c2)oc1C. The van der Waals surface area contributed by atoms with Gasteiger partial charge in [-0.25, -0.2) is 9.67 Å². The van der Waals surface area contributed by atoms with Crippen LogP contribution in [0.15, 0.2) is 89.2 Å². The molecule has 0 spiro atoms. The number of methoxy groups -OCH3 is 1. The average Bonchev–Trinajstić information content (AvgIpc) is 3.61. The van der Waals surface area contributed by atoms with E-state index in [0.717, 1.165) is 28.2 Å². The van der Waals surface area contributed by atoms with Crippen LogP contribution in [-0.4, -0.2) is 37.6 Å². The standard InChI is InChI=1S/C32H31N4O8P/c1-21-27(34-31(44-21)24-8-6-7-22(15-24)17-30(33)37)20-42-28-12-11-23(16-29(28)41-2)19-43-32-25(13-14-45(38,39)40)18-36(35-32)26-9-4-3-5-10-26/h3-16,18H,17,19-20H2,1-2H3,(H2,33,37)(H2,38,39,40)/b14-13+. The van der Waals surface area contributed by atoms with Gasteiger partial charge in [0.2, 0.25) is 17.7 Å². The van der Waals surface area contributed by atoms with Crippen molar-refractivity contribution in [3.63, 3.8) is 0 Å². The Morgan fingerprint density at radius 1 is 1.00 bits per heavy atom. The molecular weight excluding hydrogens is 599 g/mol. The number of nitrogens with two attached hydrogens (primary N) is 1. The lowest BCUT2D eigenvalue weighted by Crippen LogP contribution is -2.13. The Morgan fingerprint density at radius 3 is 2.53 bits per heavy atom. The molecule has 45 heavy (non-hydrogen) atoms. The summed E-state index contributed by atoms with van der Waals surface area (Å²) in [6.07, 6.45) is 3.04. The van der Waals surface area contributed by atoms with E-state index >= 15 is 0 Å². The molecule has 0 saturated carbocycles. The van der Waals surface area contributed by atoms with Crippen LogP contribution in [0.25, 0.3) is 23.2 Å². The van der Waals surface area contributed by atoms with Crippen molar-refractivity contribution in [2.24, 2.45) is 5.73 Å². The summed E-state index contributed by atoms with van der Waals surface area (Å²) in [5.74, 6) is 2.52. The van der Waals surface area contributed by atoms with E-state index in [-0.39, 0.29) is 25.5 Å². The summed E-state index contributed by atoms with van der Waals surface area (Å²) in [7, 11) is -2.86. The number of rotatable bonds is 13. The second-order valence-electron chi connectivity index (χ2n) is 10.0. The molecule has 0 aliphatic rings. The van der Waals surface area contributed by atoms with Crippen LogP contribution in [0.1, 0.15) is 28.1 Å². The molecule has 0 saturated heterocycles. The first kappa shape index (κ1) is 31.3. The van der Waals surface area contributed by atoms with E-state index in [1.54, 1.807) is 29.9 Å². The van der Waals surface area contributed by atoms with Gasteiger partial charge in [-0.05, 0) is 60.5 Å². The van der Waals surface area contributed by atoms with Gasteiger partial charge in [0, 0.05) is 17.6 Å². The van der Waals surface area contributed by atoms with Crippen molar-refractivity contribution in [2.75, 3.05) is 7.11 Å². The van der Waals surface area contributed by atoms with Gasteiger partial charge in [0.1, 0.15) is 24.7 Å². The third kappa shape index (κ3) is 8.27. The highest BCUT2D eigenvalue weighted by atomic mass is 31.2. The molecule has 0 fully saturated rings. The largest absolute Gasteiger partial charge is 0.493 e. The van der Waals surface area contributed by atoms with Gasteiger partial charge in [0.05, 0.1) is 24.8 Å². The van der Waals surface area contributed by atoms with Crippen molar-refractivity contribution in [2.45, 2.75) is 26.6 Å². The molecule has 2 aromatic heterocycles. The number of nitrogens with zero attached hydrogens (tertiary/aromatic N) is 3. The van der Waals surface area contributed by atoms with E-state index in [0.29, 0.717) is 34.4 Å². The number of oxazole rings is 1. The molecule has 1 amide bonds. The highest BCUT2D eigenvalue weighted by molar-refractivity contribution is 7.55. The van der Waals surface area contributed by atoms with E-state index in [2.05, 4.69) is 10.1 Å². The minimum Gasteiger partial charge on any atom is -0.493 e. The molecule has 12 nitrogen and oxygen atoms in total. The number of carbonyl (C=O) groups is 1. The summed E-state index contributed by atoms with van der Waals surface area (Å²) >= 11 is 0. The van der Waals surface area contributed by atoms with Crippen LogP contribution >= 0.6 is 7.60 Å². The van der Waals surface area contributed by atoms with E-state index < -0.39 is 13.5 Å². The van der Waals surface area contributed by atoms with Gasteiger partial charge in [0.15, 0.2) is 11.5 Å². The molecule has 0 aliphatic heterocycles. The fourth-order valence-electron chi connectivity index (χ4n) is 4.41. The van der Waals surface area contributed by atoms with Crippen LogP contribution < -0.4 is 19.9 Å². The van der Waals surface area contributed by atoms with Gasteiger partial charge in [0.25, 0.3) is 0 Å². The predicted octanol–water partition coefficient (Wildman–Crippen LogP) is 5.18. The van der Waals surface area contributed by atoms with Crippen molar-refractivity contribution < 1.29 is 37.8 Å². The number of hydrogen-bond donors (Lipinski definition) is 3. The fourth-order valence-corrected chi connectivity index (χ4v) is 4.76. The Labute approximate surface area is 258 Å². The summed E-state index contributed by atoms with van der Waals surface area (Å²) in [5.41, 5.74) is 9.31. The predicted molar refractivity (Wildman–Crippen MR) is 166 cm³/mol. The third-order valence-corrected chi connectivity index (χ3v) is 7.13. The number of amides is 1. The highest BCUT2D eigenvalue weighted by Crippen LogP contribution is 2.38. The van der Waals surface area contributed by atoms with E-state index in [1.807, 2.05) is 60.7 Å². The molecule has 0 atom stereocenters. The average molecular weight is 631 g/mol. The monoisotopic (exact) mass is 630 g/mol. The number of hydrogen-bond acceptors (Lipinski definition) is 8. The summed E-state index contributed by atoms with van der Waals surface area (Å²) in [6.45, 7) is 2.01. The van der Waals surface area contributed by atoms with Gasteiger partial charge < -0.3 is 34.1 Å². The molecule has 0 radical (unpaired) electrons. The maximum atomic E-state index is 11.4. The van der Waals surface area contributed by atoms with Crippen molar-refractivity contribution in [1.29, 1.82) is 0 Å². The molecule has 0 unspecified atom stereocenters. The number of benzene rings is 3. The molecule has 232 valence electrons. The molecular formula is C32H31N4O8P.